The molecule has 0 amide bonds. The van der Waals surface area contributed by atoms with Gasteiger partial charge in [-0.15, -0.1) is 0 Å². The Morgan fingerprint density at radius 1 is 1.29 bits per heavy atom. The minimum absolute atomic E-state index is 0.687. The molecule has 2 rings (SSSR count). The van der Waals surface area contributed by atoms with Crippen LogP contribution in [0.2, 0.25) is 0 Å². The first-order valence-corrected chi connectivity index (χ1v) is 4.99. The van der Waals surface area contributed by atoms with E-state index in [0.29, 0.717) is 5.88 Å². The predicted molar refractivity (Wildman–Crippen MR) is 59.2 cm³/mol. The van der Waals surface area contributed by atoms with E-state index >= 15 is 0 Å². The number of nitrogens with one attached hydrogen (secondary N) is 1. The first-order valence-electron chi connectivity index (χ1n) is 4.19. The third kappa shape index (κ3) is 1.65. The fourth-order valence-corrected chi connectivity index (χ4v) is 1.52. The second kappa shape index (κ2) is 3.84. The van der Waals surface area contributed by atoms with Gasteiger partial charge in [0, 0.05) is 11.5 Å². The molecule has 1 heterocycles. The van der Waals surface area contributed by atoms with E-state index in [0.717, 1.165) is 15.6 Å². The van der Waals surface area contributed by atoms with E-state index in [1.54, 1.807) is 6.20 Å². The molecule has 0 atom stereocenters. The quantitative estimate of drug-likeness (QED) is 0.893. The van der Waals surface area contributed by atoms with Crippen LogP contribution in [0.25, 0.3) is 11.1 Å². The molecule has 4 heteroatoms. The molecule has 3 nitrogen and oxygen atoms in total. The molecule has 0 bridgehead atoms. The van der Waals surface area contributed by atoms with Gasteiger partial charge in [0.2, 0.25) is 5.88 Å². The van der Waals surface area contributed by atoms with Crippen LogP contribution in [0.1, 0.15) is 0 Å². The minimum Gasteiger partial charge on any atom is -0.357 e. The molecule has 72 valence electrons. The number of benzene rings is 1. The Morgan fingerprint density at radius 2 is 2.00 bits per heavy atom. The molecule has 0 saturated carbocycles. The van der Waals surface area contributed by atoms with Crippen molar-refractivity contribution in [1.29, 1.82) is 0 Å². The molecular weight excluding hydrogens is 244 g/mol. The number of rotatable bonds is 2. The zero-order valence-corrected chi connectivity index (χ0v) is 9.21. The van der Waals surface area contributed by atoms with Crippen molar-refractivity contribution >= 4 is 21.8 Å². The van der Waals surface area contributed by atoms with Gasteiger partial charge in [-0.05, 0) is 17.7 Å². The maximum atomic E-state index is 5.03. The van der Waals surface area contributed by atoms with Crippen molar-refractivity contribution < 1.29 is 4.52 Å². The predicted octanol–water partition coefficient (Wildman–Crippen LogP) is 3.15. The first-order chi connectivity index (χ1) is 6.81. The van der Waals surface area contributed by atoms with Crippen LogP contribution in [-0.4, -0.2) is 12.2 Å². The van der Waals surface area contributed by atoms with Crippen LogP contribution in [0.3, 0.4) is 0 Å². The number of aromatic nitrogens is 1. The van der Waals surface area contributed by atoms with Gasteiger partial charge in [-0.1, -0.05) is 33.2 Å². The summed E-state index contributed by atoms with van der Waals surface area (Å²) in [6, 6.07) is 8.00. The Bertz CT molecular complexity index is 422. The summed E-state index contributed by atoms with van der Waals surface area (Å²) in [6.07, 6.45) is 1.70. The Kier molecular flexibility index (Phi) is 2.54. The van der Waals surface area contributed by atoms with Crippen LogP contribution in [0.5, 0.6) is 0 Å². The van der Waals surface area contributed by atoms with Gasteiger partial charge in [0.05, 0.1) is 11.8 Å². The third-order valence-electron chi connectivity index (χ3n) is 1.95. The summed E-state index contributed by atoms with van der Waals surface area (Å²) in [6.45, 7) is 0. The Balaban J connectivity index is 2.44. The van der Waals surface area contributed by atoms with E-state index < -0.39 is 0 Å². The van der Waals surface area contributed by atoms with Crippen molar-refractivity contribution in [3.63, 3.8) is 0 Å². The maximum Gasteiger partial charge on any atom is 0.232 e. The van der Waals surface area contributed by atoms with Gasteiger partial charge in [0.15, 0.2) is 0 Å². The second-order valence-corrected chi connectivity index (χ2v) is 3.74. The van der Waals surface area contributed by atoms with Crippen LogP contribution < -0.4 is 5.32 Å². The molecule has 0 unspecified atom stereocenters. The molecule has 14 heavy (non-hydrogen) atoms. The van der Waals surface area contributed by atoms with Crippen molar-refractivity contribution in [2.75, 3.05) is 12.4 Å². The Morgan fingerprint density at radius 3 is 2.64 bits per heavy atom. The van der Waals surface area contributed by atoms with Crippen LogP contribution in [0.15, 0.2) is 39.5 Å². The summed E-state index contributed by atoms with van der Waals surface area (Å²) in [5.41, 5.74) is 2.05. The highest BCUT2D eigenvalue weighted by Crippen LogP contribution is 2.28. The number of hydrogen-bond acceptors (Lipinski definition) is 3. The summed E-state index contributed by atoms with van der Waals surface area (Å²) in [5, 5.41) is 6.69. The van der Waals surface area contributed by atoms with Gasteiger partial charge in [0.1, 0.15) is 0 Å². The summed E-state index contributed by atoms with van der Waals surface area (Å²) in [7, 11) is 1.81. The lowest BCUT2D eigenvalue weighted by molar-refractivity contribution is 0.434. The van der Waals surface area contributed by atoms with Gasteiger partial charge in [-0.2, -0.15) is 0 Å². The van der Waals surface area contributed by atoms with Gasteiger partial charge in [-0.25, -0.2) is 0 Å². The maximum absolute atomic E-state index is 5.03. The summed E-state index contributed by atoms with van der Waals surface area (Å²) < 4.78 is 6.08. The number of halogens is 1. The highest BCUT2D eigenvalue weighted by molar-refractivity contribution is 9.10. The molecule has 0 spiro atoms. The molecule has 0 aliphatic carbocycles. The zero-order valence-electron chi connectivity index (χ0n) is 7.62. The van der Waals surface area contributed by atoms with Crippen molar-refractivity contribution in [2.24, 2.45) is 0 Å². The van der Waals surface area contributed by atoms with Crippen molar-refractivity contribution in [2.45, 2.75) is 0 Å². The van der Waals surface area contributed by atoms with E-state index in [1.165, 1.54) is 0 Å². The lowest BCUT2D eigenvalue weighted by atomic mass is 10.1. The molecule has 2 aromatic rings. The monoisotopic (exact) mass is 252 g/mol. The summed E-state index contributed by atoms with van der Waals surface area (Å²) >= 11 is 3.39. The van der Waals surface area contributed by atoms with Gasteiger partial charge in [-0.3, -0.25) is 0 Å². The number of anilines is 1. The summed E-state index contributed by atoms with van der Waals surface area (Å²) in [4.78, 5) is 0. The number of nitrogens with zero attached hydrogens (tertiary/aromatic N) is 1. The second-order valence-electron chi connectivity index (χ2n) is 2.83. The molecule has 1 aromatic heterocycles. The third-order valence-corrected chi connectivity index (χ3v) is 2.48. The van der Waals surface area contributed by atoms with Gasteiger partial charge < -0.3 is 9.84 Å². The van der Waals surface area contributed by atoms with Crippen LogP contribution in [0, 0.1) is 0 Å². The molecule has 0 saturated heterocycles. The van der Waals surface area contributed by atoms with Crippen LogP contribution >= 0.6 is 15.9 Å². The zero-order chi connectivity index (χ0) is 9.97. The van der Waals surface area contributed by atoms with E-state index in [9.17, 15) is 0 Å². The largest absolute Gasteiger partial charge is 0.357 e. The van der Waals surface area contributed by atoms with E-state index in [-0.39, 0.29) is 0 Å². The smallest absolute Gasteiger partial charge is 0.232 e. The van der Waals surface area contributed by atoms with Crippen molar-refractivity contribution in [3.05, 3.63) is 34.9 Å². The van der Waals surface area contributed by atoms with Crippen LogP contribution in [0.4, 0.5) is 5.88 Å². The minimum atomic E-state index is 0.687. The molecule has 0 aliphatic heterocycles. The fraction of sp³-hybridized carbons (Fsp3) is 0.100. The van der Waals surface area contributed by atoms with Crippen LogP contribution in [-0.2, 0) is 0 Å². The topological polar surface area (TPSA) is 38.1 Å². The number of hydrogen-bond donors (Lipinski definition) is 1. The molecule has 0 radical (unpaired) electrons. The average Bonchev–Trinajstić information content (AvgIpc) is 2.67. The van der Waals surface area contributed by atoms with E-state index in [1.807, 2.05) is 31.3 Å². The normalized spacial score (nSPS) is 10.1. The van der Waals surface area contributed by atoms with Crippen molar-refractivity contribution in [1.82, 2.24) is 5.16 Å². The molecule has 0 fully saturated rings. The first kappa shape index (κ1) is 9.27. The van der Waals surface area contributed by atoms with Gasteiger partial charge >= 0.3 is 0 Å². The molecule has 1 N–H and O–H groups in total. The van der Waals surface area contributed by atoms with E-state index in [2.05, 4.69) is 26.4 Å². The molecule has 0 aliphatic rings. The highest BCUT2D eigenvalue weighted by Gasteiger charge is 2.07. The Hall–Kier alpha value is -1.29. The lowest BCUT2D eigenvalue weighted by Gasteiger charge is -1.99. The SMILES string of the molecule is CNc1oncc1-c1ccc(Br)cc1. The lowest BCUT2D eigenvalue weighted by Crippen LogP contribution is -1.87. The summed E-state index contributed by atoms with van der Waals surface area (Å²) in [5.74, 6) is 0.687. The fourth-order valence-electron chi connectivity index (χ4n) is 1.25. The molecular formula is C10H9BrN2O. The average molecular weight is 253 g/mol. The standard InChI is InChI=1S/C10H9BrN2O/c1-12-10-9(6-13-14-10)7-2-4-8(11)5-3-7/h2-6,12H,1H3. The van der Waals surface area contributed by atoms with Crippen molar-refractivity contribution in [3.8, 4) is 11.1 Å². The van der Waals surface area contributed by atoms with E-state index in [4.69, 9.17) is 4.52 Å². The highest BCUT2D eigenvalue weighted by atomic mass is 79.9. The molecule has 1 aromatic carbocycles. The Labute approximate surface area is 90.2 Å². The van der Waals surface area contributed by atoms with Gasteiger partial charge in [0.25, 0.3) is 0 Å².